The lowest BCUT2D eigenvalue weighted by atomic mass is 10.2. The number of methoxy groups -OCH3 is 1. The van der Waals surface area contributed by atoms with Crippen molar-refractivity contribution in [2.75, 3.05) is 39.1 Å². The first kappa shape index (κ1) is 15.2. The van der Waals surface area contributed by atoms with Crippen molar-refractivity contribution in [1.29, 1.82) is 0 Å². The average Bonchev–Trinajstić information content (AvgIpc) is 2.44. The van der Waals surface area contributed by atoms with Gasteiger partial charge in [0, 0.05) is 12.6 Å². The lowest BCUT2D eigenvalue weighted by molar-refractivity contribution is 0.0601. The molecule has 1 aromatic heterocycles. The number of pyridine rings is 1. The van der Waals surface area contributed by atoms with E-state index in [1.165, 1.54) is 19.4 Å². The largest absolute Gasteiger partial charge is 0.476 e. The topological polar surface area (TPSA) is 77.7 Å². The number of likely N-dealkylation sites (N-methyl/N-ethyl adjacent to an activating group) is 1. The van der Waals surface area contributed by atoms with E-state index in [0.29, 0.717) is 12.5 Å². The highest BCUT2D eigenvalue weighted by atomic mass is 16.5. The molecule has 0 radical (unpaired) electrons. The summed E-state index contributed by atoms with van der Waals surface area (Å²) < 4.78 is 10.2. The Hall–Kier alpha value is -1.82. The summed E-state index contributed by atoms with van der Waals surface area (Å²) in [6.45, 7) is 7.47. The van der Waals surface area contributed by atoms with Crippen molar-refractivity contribution < 1.29 is 14.3 Å². The number of carbonyl (C=O) groups is 1. The van der Waals surface area contributed by atoms with Crippen LogP contribution < -0.4 is 10.5 Å². The SMILES string of the molecule is CCN(CC)CCOc1cc(C(=O)OC)c(N)cn1. The van der Waals surface area contributed by atoms with Crippen molar-refractivity contribution in [3.63, 3.8) is 0 Å². The molecule has 19 heavy (non-hydrogen) atoms. The van der Waals surface area contributed by atoms with Crippen molar-refractivity contribution in [3.05, 3.63) is 17.8 Å². The summed E-state index contributed by atoms with van der Waals surface area (Å²) in [6, 6.07) is 1.50. The number of aromatic nitrogens is 1. The molecule has 0 fully saturated rings. The molecular weight excluding hydrogens is 246 g/mol. The Balaban J connectivity index is 2.62. The number of nitrogens with two attached hydrogens (primary N) is 1. The Bertz CT molecular complexity index is 420. The maximum atomic E-state index is 11.5. The van der Waals surface area contributed by atoms with Gasteiger partial charge in [-0.05, 0) is 13.1 Å². The fraction of sp³-hybridized carbons (Fsp3) is 0.538. The second-order valence-electron chi connectivity index (χ2n) is 3.98. The first-order chi connectivity index (χ1) is 9.12. The van der Waals surface area contributed by atoms with E-state index in [1.54, 1.807) is 0 Å². The minimum absolute atomic E-state index is 0.273. The Morgan fingerprint density at radius 1 is 1.42 bits per heavy atom. The molecule has 0 atom stereocenters. The second kappa shape index (κ2) is 7.58. The van der Waals surface area contributed by atoms with Crippen molar-refractivity contribution in [3.8, 4) is 5.88 Å². The summed E-state index contributed by atoms with van der Waals surface area (Å²) in [5, 5.41) is 0. The molecule has 0 aliphatic heterocycles. The Morgan fingerprint density at radius 2 is 2.11 bits per heavy atom. The molecule has 0 saturated carbocycles. The molecule has 1 heterocycles. The van der Waals surface area contributed by atoms with Crippen LogP contribution in [0.5, 0.6) is 5.88 Å². The van der Waals surface area contributed by atoms with Crippen molar-refractivity contribution in [2.24, 2.45) is 0 Å². The molecule has 6 nitrogen and oxygen atoms in total. The van der Waals surface area contributed by atoms with Gasteiger partial charge in [0.1, 0.15) is 6.61 Å². The quantitative estimate of drug-likeness (QED) is 0.747. The van der Waals surface area contributed by atoms with Gasteiger partial charge in [-0.3, -0.25) is 0 Å². The van der Waals surface area contributed by atoms with Gasteiger partial charge in [-0.2, -0.15) is 0 Å². The van der Waals surface area contributed by atoms with Crippen LogP contribution in [0.4, 0.5) is 5.69 Å². The third-order valence-corrected chi connectivity index (χ3v) is 2.87. The molecule has 0 amide bonds. The smallest absolute Gasteiger partial charge is 0.340 e. The van der Waals surface area contributed by atoms with Gasteiger partial charge in [0.15, 0.2) is 0 Å². The van der Waals surface area contributed by atoms with Crippen LogP contribution in [0.1, 0.15) is 24.2 Å². The zero-order valence-corrected chi connectivity index (χ0v) is 11.7. The van der Waals surface area contributed by atoms with Crippen LogP contribution in [-0.4, -0.2) is 49.2 Å². The van der Waals surface area contributed by atoms with Crippen LogP contribution in [-0.2, 0) is 4.74 Å². The maximum Gasteiger partial charge on any atom is 0.340 e. The lowest BCUT2D eigenvalue weighted by Gasteiger charge is -2.17. The normalized spacial score (nSPS) is 10.5. The molecule has 0 aliphatic carbocycles. The first-order valence-corrected chi connectivity index (χ1v) is 6.31. The van der Waals surface area contributed by atoms with Gasteiger partial charge >= 0.3 is 5.97 Å². The molecule has 2 N–H and O–H groups in total. The molecule has 106 valence electrons. The van der Waals surface area contributed by atoms with E-state index >= 15 is 0 Å². The number of nitrogen functional groups attached to an aromatic ring is 1. The van der Waals surface area contributed by atoms with E-state index in [-0.39, 0.29) is 11.3 Å². The summed E-state index contributed by atoms with van der Waals surface area (Å²) in [5.41, 5.74) is 6.21. The Morgan fingerprint density at radius 3 is 2.68 bits per heavy atom. The van der Waals surface area contributed by atoms with E-state index in [2.05, 4.69) is 28.5 Å². The van der Waals surface area contributed by atoms with Gasteiger partial charge in [0.05, 0.1) is 24.6 Å². The van der Waals surface area contributed by atoms with Crippen molar-refractivity contribution in [1.82, 2.24) is 9.88 Å². The minimum Gasteiger partial charge on any atom is -0.476 e. The van der Waals surface area contributed by atoms with Crippen LogP contribution >= 0.6 is 0 Å². The zero-order valence-electron chi connectivity index (χ0n) is 11.7. The summed E-state index contributed by atoms with van der Waals surface area (Å²) in [6.07, 6.45) is 1.40. The number of carbonyl (C=O) groups excluding carboxylic acids is 1. The molecule has 1 aromatic rings. The van der Waals surface area contributed by atoms with Crippen LogP contribution in [0.2, 0.25) is 0 Å². The minimum atomic E-state index is -0.492. The summed E-state index contributed by atoms with van der Waals surface area (Å²) in [7, 11) is 1.31. The second-order valence-corrected chi connectivity index (χ2v) is 3.98. The molecule has 1 rings (SSSR count). The van der Waals surface area contributed by atoms with Crippen molar-refractivity contribution >= 4 is 11.7 Å². The highest BCUT2D eigenvalue weighted by molar-refractivity contribution is 5.95. The lowest BCUT2D eigenvalue weighted by Crippen LogP contribution is -2.28. The monoisotopic (exact) mass is 267 g/mol. The molecule has 0 saturated heterocycles. The number of esters is 1. The molecule has 0 bridgehead atoms. The standard InChI is InChI=1S/C13H21N3O3/c1-4-16(5-2)6-7-19-12-8-10(13(17)18-3)11(14)9-15-12/h8-9H,4-7,14H2,1-3H3. The first-order valence-electron chi connectivity index (χ1n) is 6.31. The van der Waals surface area contributed by atoms with Crippen LogP contribution in [0.15, 0.2) is 12.3 Å². The van der Waals surface area contributed by atoms with E-state index in [4.69, 9.17) is 10.5 Å². The average molecular weight is 267 g/mol. The molecule has 0 aromatic carbocycles. The summed E-state index contributed by atoms with van der Waals surface area (Å²) in [4.78, 5) is 17.7. The van der Waals surface area contributed by atoms with Gasteiger partial charge in [0.2, 0.25) is 5.88 Å². The van der Waals surface area contributed by atoms with E-state index in [0.717, 1.165) is 19.6 Å². The fourth-order valence-corrected chi connectivity index (χ4v) is 1.63. The number of ether oxygens (including phenoxy) is 2. The highest BCUT2D eigenvalue weighted by Gasteiger charge is 2.12. The summed E-state index contributed by atoms with van der Waals surface area (Å²) in [5.74, 6) is -0.116. The van der Waals surface area contributed by atoms with Gasteiger partial charge in [-0.25, -0.2) is 9.78 Å². The van der Waals surface area contributed by atoms with E-state index in [1.807, 2.05) is 0 Å². The summed E-state index contributed by atoms with van der Waals surface area (Å²) >= 11 is 0. The number of anilines is 1. The zero-order chi connectivity index (χ0) is 14.3. The molecule has 0 spiro atoms. The maximum absolute atomic E-state index is 11.5. The third kappa shape index (κ3) is 4.40. The number of nitrogens with zero attached hydrogens (tertiary/aromatic N) is 2. The molecule has 6 heteroatoms. The van der Waals surface area contributed by atoms with Gasteiger partial charge in [-0.1, -0.05) is 13.8 Å². The number of hydrogen-bond acceptors (Lipinski definition) is 6. The van der Waals surface area contributed by atoms with Crippen LogP contribution in [0.25, 0.3) is 0 Å². The predicted molar refractivity (Wildman–Crippen MR) is 73.3 cm³/mol. The van der Waals surface area contributed by atoms with Gasteiger partial charge in [0.25, 0.3) is 0 Å². The molecule has 0 unspecified atom stereocenters. The van der Waals surface area contributed by atoms with E-state index in [9.17, 15) is 4.79 Å². The number of hydrogen-bond donors (Lipinski definition) is 1. The Kier molecular flexibility index (Phi) is 6.08. The molecule has 0 aliphatic rings. The van der Waals surface area contributed by atoms with Gasteiger partial charge in [-0.15, -0.1) is 0 Å². The van der Waals surface area contributed by atoms with Gasteiger partial charge < -0.3 is 20.1 Å². The van der Waals surface area contributed by atoms with Crippen molar-refractivity contribution in [2.45, 2.75) is 13.8 Å². The third-order valence-electron chi connectivity index (χ3n) is 2.87. The Labute approximate surface area is 113 Å². The van der Waals surface area contributed by atoms with Crippen LogP contribution in [0.3, 0.4) is 0 Å². The highest BCUT2D eigenvalue weighted by Crippen LogP contribution is 2.17. The molecular formula is C13H21N3O3. The fourth-order valence-electron chi connectivity index (χ4n) is 1.63. The predicted octanol–water partition coefficient (Wildman–Crippen LogP) is 1.17. The number of rotatable bonds is 7. The van der Waals surface area contributed by atoms with Crippen LogP contribution in [0, 0.1) is 0 Å². The van der Waals surface area contributed by atoms with E-state index < -0.39 is 5.97 Å².